The summed E-state index contributed by atoms with van der Waals surface area (Å²) >= 11 is 5.28. The van der Waals surface area contributed by atoms with Crippen molar-refractivity contribution in [2.75, 3.05) is 10.6 Å². The van der Waals surface area contributed by atoms with Crippen LogP contribution in [0.25, 0.3) is 0 Å². The van der Waals surface area contributed by atoms with Crippen molar-refractivity contribution in [3.63, 3.8) is 0 Å². The SMILES string of the molecule is CCn1ncc(Cn2cc(NC(=S)Nc3ccn(C)n3)cn2)c1C. The Bertz CT molecular complexity index is 843. The van der Waals surface area contributed by atoms with Gasteiger partial charge in [0.1, 0.15) is 0 Å². The van der Waals surface area contributed by atoms with Crippen LogP contribution in [0.2, 0.25) is 0 Å². The lowest BCUT2D eigenvalue weighted by molar-refractivity contribution is 0.633. The Morgan fingerprint density at radius 3 is 2.75 bits per heavy atom. The van der Waals surface area contributed by atoms with Crippen molar-refractivity contribution in [1.29, 1.82) is 0 Å². The van der Waals surface area contributed by atoms with Crippen LogP contribution in [-0.4, -0.2) is 34.5 Å². The Labute approximate surface area is 145 Å². The van der Waals surface area contributed by atoms with Gasteiger partial charge in [-0.05, 0) is 26.1 Å². The lowest BCUT2D eigenvalue weighted by Crippen LogP contribution is -2.19. The Morgan fingerprint density at radius 1 is 1.25 bits per heavy atom. The predicted molar refractivity (Wildman–Crippen MR) is 97.0 cm³/mol. The number of nitrogens with zero attached hydrogens (tertiary/aromatic N) is 6. The van der Waals surface area contributed by atoms with Gasteiger partial charge in [-0.2, -0.15) is 15.3 Å². The Balaban J connectivity index is 1.60. The second-order valence-electron chi connectivity index (χ2n) is 5.45. The highest BCUT2D eigenvalue weighted by molar-refractivity contribution is 7.80. The average molecular weight is 344 g/mol. The standard InChI is InChI=1S/C15H20N8S/c1-4-23-11(2)12(7-17-23)9-22-10-13(8-16-22)18-15(24)19-14-5-6-21(3)20-14/h5-8,10H,4,9H2,1-3H3,(H2,18,19,20,24). The fourth-order valence-corrected chi connectivity index (χ4v) is 2.63. The highest BCUT2D eigenvalue weighted by Gasteiger charge is 2.08. The first-order chi connectivity index (χ1) is 11.5. The van der Waals surface area contributed by atoms with E-state index in [1.807, 2.05) is 41.1 Å². The summed E-state index contributed by atoms with van der Waals surface area (Å²) in [5, 5.41) is 19.5. The van der Waals surface area contributed by atoms with E-state index in [-0.39, 0.29) is 0 Å². The van der Waals surface area contributed by atoms with Gasteiger partial charge in [0.05, 0.1) is 24.6 Å². The molecule has 8 nitrogen and oxygen atoms in total. The third kappa shape index (κ3) is 3.62. The summed E-state index contributed by atoms with van der Waals surface area (Å²) in [6.07, 6.45) is 7.39. The zero-order valence-corrected chi connectivity index (χ0v) is 14.7. The van der Waals surface area contributed by atoms with Crippen LogP contribution in [0.5, 0.6) is 0 Å². The van der Waals surface area contributed by atoms with E-state index < -0.39 is 0 Å². The van der Waals surface area contributed by atoms with Crippen molar-refractivity contribution >= 4 is 28.8 Å². The number of aromatic nitrogens is 6. The van der Waals surface area contributed by atoms with Crippen molar-refractivity contribution < 1.29 is 0 Å². The molecule has 0 saturated heterocycles. The van der Waals surface area contributed by atoms with Crippen molar-refractivity contribution in [3.05, 3.63) is 42.1 Å². The van der Waals surface area contributed by atoms with Crippen molar-refractivity contribution in [2.24, 2.45) is 7.05 Å². The smallest absolute Gasteiger partial charge is 0.176 e. The summed E-state index contributed by atoms with van der Waals surface area (Å²) in [4.78, 5) is 0. The molecule has 3 aromatic rings. The van der Waals surface area contributed by atoms with Crippen LogP contribution < -0.4 is 10.6 Å². The zero-order valence-electron chi connectivity index (χ0n) is 13.9. The monoisotopic (exact) mass is 344 g/mol. The first kappa shape index (κ1) is 16.2. The summed E-state index contributed by atoms with van der Waals surface area (Å²) < 4.78 is 5.54. The fraction of sp³-hybridized carbons (Fsp3) is 0.333. The summed E-state index contributed by atoms with van der Waals surface area (Å²) in [6.45, 7) is 5.69. The molecule has 0 atom stereocenters. The molecule has 0 amide bonds. The van der Waals surface area contributed by atoms with Gasteiger partial charge in [-0.1, -0.05) is 0 Å². The molecule has 0 radical (unpaired) electrons. The minimum Gasteiger partial charge on any atom is -0.330 e. The molecule has 2 N–H and O–H groups in total. The lowest BCUT2D eigenvalue weighted by atomic mass is 10.2. The third-order valence-electron chi connectivity index (χ3n) is 3.68. The molecular weight excluding hydrogens is 324 g/mol. The summed E-state index contributed by atoms with van der Waals surface area (Å²) in [6, 6.07) is 1.85. The molecule has 126 valence electrons. The van der Waals surface area contributed by atoms with Crippen molar-refractivity contribution in [1.82, 2.24) is 29.3 Å². The molecule has 0 aromatic carbocycles. The van der Waals surface area contributed by atoms with E-state index in [1.54, 1.807) is 10.9 Å². The van der Waals surface area contributed by atoms with Crippen LogP contribution in [0, 0.1) is 6.92 Å². The number of hydrogen-bond donors (Lipinski definition) is 2. The maximum absolute atomic E-state index is 5.28. The molecular formula is C15H20N8S. The van der Waals surface area contributed by atoms with E-state index in [2.05, 4.69) is 39.8 Å². The first-order valence-corrected chi connectivity index (χ1v) is 8.07. The minimum atomic E-state index is 0.475. The number of hydrogen-bond acceptors (Lipinski definition) is 4. The second-order valence-corrected chi connectivity index (χ2v) is 5.86. The molecule has 24 heavy (non-hydrogen) atoms. The number of nitrogens with one attached hydrogen (secondary N) is 2. The summed E-state index contributed by atoms with van der Waals surface area (Å²) in [5.41, 5.74) is 3.14. The van der Waals surface area contributed by atoms with Gasteiger partial charge in [-0.25, -0.2) is 0 Å². The minimum absolute atomic E-state index is 0.475. The zero-order chi connectivity index (χ0) is 17.1. The molecule has 0 unspecified atom stereocenters. The van der Waals surface area contributed by atoms with Crippen LogP contribution >= 0.6 is 12.2 Å². The molecule has 3 rings (SSSR count). The average Bonchev–Trinajstić information content (AvgIpc) is 3.23. The highest BCUT2D eigenvalue weighted by Crippen LogP contribution is 2.12. The van der Waals surface area contributed by atoms with Gasteiger partial charge in [0.15, 0.2) is 10.9 Å². The van der Waals surface area contributed by atoms with E-state index in [0.29, 0.717) is 17.5 Å². The van der Waals surface area contributed by atoms with Crippen LogP contribution in [0.4, 0.5) is 11.5 Å². The van der Waals surface area contributed by atoms with Gasteiger partial charge in [0.25, 0.3) is 0 Å². The van der Waals surface area contributed by atoms with Gasteiger partial charge in [-0.3, -0.25) is 14.0 Å². The predicted octanol–water partition coefficient (Wildman–Crippen LogP) is 2.00. The number of anilines is 2. The maximum atomic E-state index is 5.28. The van der Waals surface area contributed by atoms with Crippen molar-refractivity contribution in [2.45, 2.75) is 26.9 Å². The normalized spacial score (nSPS) is 10.8. The van der Waals surface area contributed by atoms with E-state index >= 15 is 0 Å². The Kier molecular flexibility index (Phi) is 4.61. The van der Waals surface area contributed by atoms with Crippen LogP contribution in [0.15, 0.2) is 30.9 Å². The molecule has 0 aliphatic heterocycles. The maximum Gasteiger partial charge on any atom is 0.176 e. The molecule has 3 heterocycles. The van der Waals surface area contributed by atoms with E-state index in [1.165, 1.54) is 0 Å². The molecule has 9 heteroatoms. The number of thiocarbonyl (C=S) groups is 1. The van der Waals surface area contributed by atoms with E-state index in [9.17, 15) is 0 Å². The molecule has 3 aromatic heterocycles. The quantitative estimate of drug-likeness (QED) is 0.690. The largest absolute Gasteiger partial charge is 0.330 e. The van der Waals surface area contributed by atoms with Gasteiger partial charge in [-0.15, -0.1) is 0 Å². The molecule has 0 saturated carbocycles. The number of aryl methyl sites for hydroxylation is 2. The fourth-order valence-electron chi connectivity index (χ4n) is 2.41. The van der Waals surface area contributed by atoms with E-state index in [0.717, 1.165) is 23.5 Å². The molecule has 0 fully saturated rings. The summed E-state index contributed by atoms with van der Waals surface area (Å²) in [7, 11) is 1.86. The molecule has 0 aliphatic rings. The Morgan fingerprint density at radius 2 is 2.08 bits per heavy atom. The Hall–Kier alpha value is -2.68. The summed E-state index contributed by atoms with van der Waals surface area (Å²) in [5.74, 6) is 0.699. The van der Waals surface area contributed by atoms with Crippen LogP contribution in [-0.2, 0) is 20.1 Å². The van der Waals surface area contributed by atoms with Crippen LogP contribution in [0.3, 0.4) is 0 Å². The van der Waals surface area contributed by atoms with Gasteiger partial charge < -0.3 is 10.6 Å². The first-order valence-electron chi connectivity index (χ1n) is 7.66. The third-order valence-corrected chi connectivity index (χ3v) is 3.89. The van der Waals surface area contributed by atoms with Gasteiger partial charge in [0, 0.05) is 43.3 Å². The van der Waals surface area contributed by atoms with Crippen molar-refractivity contribution in [3.8, 4) is 0 Å². The van der Waals surface area contributed by atoms with Gasteiger partial charge >= 0.3 is 0 Å². The van der Waals surface area contributed by atoms with Crippen LogP contribution in [0.1, 0.15) is 18.2 Å². The highest BCUT2D eigenvalue weighted by atomic mass is 32.1. The molecule has 0 aliphatic carbocycles. The molecule has 0 spiro atoms. The second kappa shape index (κ2) is 6.83. The van der Waals surface area contributed by atoms with Gasteiger partial charge in [0.2, 0.25) is 0 Å². The topological polar surface area (TPSA) is 77.5 Å². The molecule has 0 bridgehead atoms. The number of rotatable bonds is 5. The lowest BCUT2D eigenvalue weighted by Gasteiger charge is -2.06. The van der Waals surface area contributed by atoms with E-state index in [4.69, 9.17) is 12.2 Å².